The summed E-state index contributed by atoms with van der Waals surface area (Å²) in [6.07, 6.45) is -0.566. The van der Waals surface area contributed by atoms with Gasteiger partial charge in [-0.2, -0.15) is 5.26 Å². The van der Waals surface area contributed by atoms with Crippen LogP contribution in [0.2, 0.25) is 10.0 Å². The molecule has 0 aromatic heterocycles. The third-order valence-corrected chi connectivity index (χ3v) is 6.42. The molecule has 1 atom stereocenters. The van der Waals surface area contributed by atoms with E-state index in [4.69, 9.17) is 33.2 Å². The Labute approximate surface area is 232 Å². The summed E-state index contributed by atoms with van der Waals surface area (Å²) in [7, 11) is 0. The lowest BCUT2D eigenvalue weighted by molar-refractivity contribution is -0.116. The highest BCUT2D eigenvalue weighted by molar-refractivity contribution is 9.10. The fourth-order valence-electron chi connectivity index (χ4n) is 3.07. The molecule has 3 aromatic rings. The van der Waals surface area contributed by atoms with E-state index in [1.165, 1.54) is 48.5 Å². The fourth-order valence-corrected chi connectivity index (χ4v) is 4.26. The van der Waals surface area contributed by atoms with E-state index in [0.717, 1.165) is 0 Å². The number of ether oxygens (including phenoxy) is 1. The van der Waals surface area contributed by atoms with Crippen LogP contribution in [0.3, 0.4) is 0 Å². The summed E-state index contributed by atoms with van der Waals surface area (Å²) in [5.41, 5.74) is 0.804. The number of halogens is 4. The summed E-state index contributed by atoms with van der Waals surface area (Å²) < 4.78 is 42.3. The van der Waals surface area contributed by atoms with E-state index in [9.17, 15) is 18.4 Å². The van der Waals surface area contributed by atoms with Crippen molar-refractivity contribution in [3.63, 3.8) is 0 Å². The Morgan fingerprint density at radius 1 is 1.11 bits per heavy atom. The minimum absolute atomic E-state index is 0.0361. The number of benzene rings is 3. The van der Waals surface area contributed by atoms with Gasteiger partial charge in [-0.3, -0.25) is 13.8 Å². The average molecular weight is 628 g/mol. The highest BCUT2D eigenvalue weighted by Gasteiger charge is 2.18. The van der Waals surface area contributed by atoms with Crippen molar-refractivity contribution in [3.05, 3.63) is 80.0 Å². The van der Waals surface area contributed by atoms with Crippen molar-refractivity contribution in [2.75, 3.05) is 16.4 Å². The van der Waals surface area contributed by atoms with Crippen LogP contribution in [0.25, 0.3) is 0 Å². The third kappa shape index (κ3) is 8.24. The summed E-state index contributed by atoms with van der Waals surface area (Å²) >= 11 is 13.1. The summed E-state index contributed by atoms with van der Waals surface area (Å²) in [5, 5.41) is 14.5. The van der Waals surface area contributed by atoms with E-state index in [2.05, 4.69) is 26.6 Å². The van der Waals surface area contributed by atoms with Crippen LogP contribution in [-0.4, -0.2) is 26.3 Å². The Morgan fingerprint density at radius 2 is 1.86 bits per heavy atom. The Kier molecular flexibility index (Phi) is 10.0. The number of nitrogens with one attached hydrogen (secondary N) is 2. The largest absolute Gasteiger partial charge is 0.772 e. The quantitative estimate of drug-likeness (QED) is 0.282. The molecule has 192 valence electrons. The molecule has 0 aliphatic carbocycles. The number of hydrogen-bond acceptors (Lipinski definition) is 6. The molecule has 0 heterocycles. The molecule has 2 amide bonds. The molecule has 0 aliphatic rings. The highest BCUT2D eigenvalue weighted by Crippen LogP contribution is 2.36. The second-order valence-corrected chi connectivity index (χ2v) is 10.2. The molecule has 2 N–H and O–H groups in total. The van der Waals surface area contributed by atoms with Gasteiger partial charge in [-0.1, -0.05) is 40.3 Å². The van der Waals surface area contributed by atoms with E-state index < -0.39 is 28.7 Å². The standard InChI is InChI=1S/C24H17BrCl2FN3O5S/c25-18-3-1-14(23(28)24(18)36-17-8-13(12-29)7-15(26)10-17)9-22(33)31-20-4-2-16(11-19(20)27)30-21(32)5-6-37(34)35/h1-4,7-8,10-11H,5-6,9H2,(H,30,32)(H,31,33)(H,34,35)/p-1. The van der Waals surface area contributed by atoms with Gasteiger partial charge >= 0.3 is 0 Å². The Bertz CT molecular complexity index is 1430. The molecule has 0 fully saturated rings. The lowest BCUT2D eigenvalue weighted by Crippen LogP contribution is -2.16. The van der Waals surface area contributed by atoms with Gasteiger partial charge in [0.05, 0.1) is 33.2 Å². The average Bonchev–Trinajstić information content (AvgIpc) is 2.83. The predicted octanol–water partition coefficient (Wildman–Crippen LogP) is 5.95. The molecular weight excluding hydrogens is 612 g/mol. The molecule has 8 nitrogen and oxygen atoms in total. The lowest BCUT2D eigenvalue weighted by Gasteiger charge is -2.13. The molecule has 1 unspecified atom stereocenters. The second-order valence-electron chi connectivity index (χ2n) is 7.46. The molecule has 0 saturated carbocycles. The molecular formula is C24H16BrCl2FN3O5S-. The van der Waals surface area contributed by atoms with Gasteiger partial charge in [0, 0.05) is 28.4 Å². The van der Waals surface area contributed by atoms with Gasteiger partial charge in [-0.05, 0) is 58.4 Å². The van der Waals surface area contributed by atoms with Crippen molar-refractivity contribution < 1.29 is 27.5 Å². The molecule has 0 spiro atoms. The summed E-state index contributed by atoms with van der Waals surface area (Å²) in [4.78, 5) is 24.4. The second kappa shape index (κ2) is 13.0. The monoisotopic (exact) mass is 626 g/mol. The zero-order valence-corrected chi connectivity index (χ0v) is 22.6. The normalized spacial score (nSPS) is 11.4. The number of nitriles is 1. The lowest BCUT2D eigenvalue weighted by atomic mass is 10.1. The number of carbonyl (C=O) groups is 2. The van der Waals surface area contributed by atoms with Gasteiger partial charge in [-0.25, -0.2) is 4.39 Å². The third-order valence-electron chi connectivity index (χ3n) is 4.72. The molecule has 0 aliphatic heterocycles. The number of rotatable bonds is 9. The van der Waals surface area contributed by atoms with Crippen LogP contribution in [0.4, 0.5) is 15.8 Å². The van der Waals surface area contributed by atoms with E-state index in [0.29, 0.717) is 5.69 Å². The van der Waals surface area contributed by atoms with Gasteiger partial charge < -0.3 is 19.9 Å². The van der Waals surface area contributed by atoms with Crippen LogP contribution in [0.15, 0.2) is 53.0 Å². The molecule has 13 heteroatoms. The first kappa shape index (κ1) is 28.6. The van der Waals surface area contributed by atoms with Gasteiger partial charge in [-0.15, -0.1) is 0 Å². The van der Waals surface area contributed by atoms with Crippen LogP contribution in [0.1, 0.15) is 17.5 Å². The van der Waals surface area contributed by atoms with Gasteiger partial charge in [0.1, 0.15) is 5.75 Å². The smallest absolute Gasteiger partial charge is 0.228 e. The summed E-state index contributed by atoms with van der Waals surface area (Å²) in [6.45, 7) is 0. The first-order chi connectivity index (χ1) is 17.5. The minimum atomic E-state index is -2.33. The van der Waals surface area contributed by atoms with E-state index in [1.807, 2.05) is 6.07 Å². The zero-order chi connectivity index (χ0) is 27.1. The number of carbonyl (C=O) groups excluding carboxylic acids is 2. The van der Waals surface area contributed by atoms with Crippen LogP contribution in [0, 0.1) is 17.1 Å². The minimum Gasteiger partial charge on any atom is -0.772 e. The van der Waals surface area contributed by atoms with Gasteiger partial charge in [0.15, 0.2) is 11.6 Å². The van der Waals surface area contributed by atoms with Crippen LogP contribution >= 0.6 is 39.1 Å². The molecule has 3 rings (SSSR count). The first-order valence-corrected chi connectivity index (χ1v) is 13.2. The van der Waals surface area contributed by atoms with Crippen molar-refractivity contribution in [3.8, 4) is 17.6 Å². The van der Waals surface area contributed by atoms with Crippen molar-refractivity contribution in [1.82, 2.24) is 0 Å². The number of hydrogen-bond donors (Lipinski definition) is 2. The van der Waals surface area contributed by atoms with E-state index in [1.54, 1.807) is 0 Å². The Morgan fingerprint density at radius 3 is 2.54 bits per heavy atom. The Balaban J connectivity index is 1.70. The summed E-state index contributed by atoms with van der Waals surface area (Å²) in [6, 6.07) is 13.4. The maximum atomic E-state index is 15.2. The predicted molar refractivity (Wildman–Crippen MR) is 141 cm³/mol. The van der Waals surface area contributed by atoms with Crippen LogP contribution in [0.5, 0.6) is 11.5 Å². The molecule has 0 saturated heterocycles. The molecule has 3 aromatic carbocycles. The van der Waals surface area contributed by atoms with E-state index in [-0.39, 0.29) is 61.4 Å². The van der Waals surface area contributed by atoms with Gasteiger partial charge in [0.25, 0.3) is 0 Å². The van der Waals surface area contributed by atoms with Crippen LogP contribution in [-0.2, 0) is 27.1 Å². The van der Waals surface area contributed by atoms with Crippen molar-refractivity contribution >= 4 is 73.4 Å². The SMILES string of the molecule is N#Cc1cc(Cl)cc(Oc2c(Br)ccc(CC(=O)Nc3ccc(NC(=O)CCS(=O)[O-])cc3Cl)c2F)c1. The first-order valence-electron chi connectivity index (χ1n) is 10.4. The van der Waals surface area contributed by atoms with Crippen molar-refractivity contribution in [2.45, 2.75) is 12.8 Å². The maximum Gasteiger partial charge on any atom is 0.228 e. The number of nitrogens with zero attached hydrogens (tertiary/aromatic N) is 1. The van der Waals surface area contributed by atoms with Crippen molar-refractivity contribution in [2.24, 2.45) is 0 Å². The van der Waals surface area contributed by atoms with Crippen molar-refractivity contribution in [1.29, 1.82) is 5.26 Å². The van der Waals surface area contributed by atoms with Crippen LogP contribution < -0.4 is 15.4 Å². The fraction of sp³-hybridized carbons (Fsp3) is 0.125. The molecule has 0 radical (unpaired) electrons. The zero-order valence-electron chi connectivity index (χ0n) is 18.6. The Hall–Kier alpha value is -3.01. The molecule has 37 heavy (non-hydrogen) atoms. The highest BCUT2D eigenvalue weighted by atomic mass is 79.9. The summed E-state index contributed by atoms with van der Waals surface area (Å²) in [5.74, 6) is -2.22. The number of amides is 2. The topological polar surface area (TPSA) is 131 Å². The van der Waals surface area contributed by atoms with Gasteiger partial charge in [0.2, 0.25) is 11.8 Å². The van der Waals surface area contributed by atoms with E-state index >= 15 is 4.39 Å². The maximum absolute atomic E-state index is 15.2. The molecule has 0 bridgehead atoms. The number of anilines is 2.